The first-order chi connectivity index (χ1) is 8.97. The molecule has 0 aromatic heterocycles. The summed E-state index contributed by atoms with van der Waals surface area (Å²) >= 11 is 11.6. The molecule has 0 saturated heterocycles. The fourth-order valence-electron chi connectivity index (χ4n) is 1.34. The molecule has 0 radical (unpaired) electrons. The molecule has 0 amide bonds. The number of sulfonamides is 1. The lowest BCUT2D eigenvalue weighted by Crippen LogP contribution is -2.33. The van der Waals surface area contributed by atoms with Crippen molar-refractivity contribution in [3.63, 3.8) is 0 Å². The van der Waals surface area contributed by atoms with Crippen molar-refractivity contribution >= 4 is 33.2 Å². The van der Waals surface area contributed by atoms with Crippen LogP contribution in [0.1, 0.15) is 0 Å². The van der Waals surface area contributed by atoms with Crippen LogP contribution in [0.2, 0.25) is 10.0 Å². The standard InChI is InChI=1S/C11H16Cl2N2O3S/c1-18-7-6-14-4-5-15-19(16,17)11-3-2-9(12)8-10(11)13/h2-3,8,14-15H,4-7H2,1H3. The molecule has 19 heavy (non-hydrogen) atoms. The smallest absolute Gasteiger partial charge is 0.242 e. The third-order valence-corrected chi connectivity index (χ3v) is 4.44. The van der Waals surface area contributed by atoms with E-state index in [1.54, 1.807) is 7.11 Å². The number of hydrogen-bond acceptors (Lipinski definition) is 4. The van der Waals surface area contributed by atoms with Gasteiger partial charge in [-0.3, -0.25) is 0 Å². The summed E-state index contributed by atoms with van der Waals surface area (Å²) in [5, 5.41) is 3.53. The van der Waals surface area contributed by atoms with Crippen molar-refractivity contribution in [3.05, 3.63) is 28.2 Å². The van der Waals surface area contributed by atoms with E-state index in [1.165, 1.54) is 18.2 Å². The summed E-state index contributed by atoms with van der Waals surface area (Å²) in [7, 11) is -2.01. The van der Waals surface area contributed by atoms with Gasteiger partial charge in [-0.2, -0.15) is 0 Å². The molecule has 0 unspecified atom stereocenters. The summed E-state index contributed by atoms with van der Waals surface area (Å²) in [5.74, 6) is 0. The van der Waals surface area contributed by atoms with Gasteiger partial charge in [-0.25, -0.2) is 13.1 Å². The van der Waals surface area contributed by atoms with Crippen molar-refractivity contribution in [1.29, 1.82) is 0 Å². The molecule has 0 fully saturated rings. The van der Waals surface area contributed by atoms with Gasteiger partial charge in [-0.15, -0.1) is 0 Å². The van der Waals surface area contributed by atoms with Gasteiger partial charge in [0.15, 0.2) is 0 Å². The summed E-state index contributed by atoms with van der Waals surface area (Å²) in [6.45, 7) is 2.02. The molecule has 0 heterocycles. The largest absolute Gasteiger partial charge is 0.383 e. The summed E-state index contributed by atoms with van der Waals surface area (Å²) in [6.07, 6.45) is 0. The Labute approximate surface area is 123 Å². The van der Waals surface area contributed by atoms with Crippen LogP contribution in [0.15, 0.2) is 23.1 Å². The van der Waals surface area contributed by atoms with E-state index < -0.39 is 10.0 Å². The van der Waals surface area contributed by atoms with Crippen molar-refractivity contribution in [3.8, 4) is 0 Å². The van der Waals surface area contributed by atoms with E-state index >= 15 is 0 Å². The quantitative estimate of drug-likeness (QED) is 0.710. The highest BCUT2D eigenvalue weighted by atomic mass is 35.5. The fourth-order valence-corrected chi connectivity index (χ4v) is 3.15. The van der Waals surface area contributed by atoms with E-state index in [-0.39, 0.29) is 16.5 Å². The topological polar surface area (TPSA) is 67.4 Å². The summed E-state index contributed by atoms with van der Waals surface area (Å²) in [6, 6.07) is 4.26. The van der Waals surface area contributed by atoms with Crippen molar-refractivity contribution in [2.75, 3.05) is 33.4 Å². The van der Waals surface area contributed by atoms with Crippen LogP contribution in [0.3, 0.4) is 0 Å². The molecule has 0 spiro atoms. The Morgan fingerprint density at radius 1 is 1.21 bits per heavy atom. The van der Waals surface area contributed by atoms with Crippen LogP contribution < -0.4 is 10.0 Å². The minimum absolute atomic E-state index is 0.0236. The molecule has 108 valence electrons. The van der Waals surface area contributed by atoms with Gasteiger partial charge in [0.2, 0.25) is 10.0 Å². The van der Waals surface area contributed by atoms with Gasteiger partial charge in [0.1, 0.15) is 4.90 Å². The van der Waals surface area contributed by atoms with E-state index in [2.05, 4.69) is 10.0 Å². The second-order valence-electron chi connectivity index (χ2n) is 3.72. The van der Waals surface area contributed by atoms with Gasteiger partial charge in [0, 0.05) is 31.8 Å². The number of rotatable bonds is 8. The molecule has 0 atom stereocenters. The monoisotopic (exact) mass is 326 g/mol. The second-order valence-corrected chi connectivity index (χ2v) is 6.29. The average Bonchev–Trinajstić information content (AvgIpc) is 2.33. The van der Waals surface area contributed by atoms with Crippen LogP contribution in [0.5, 0.6) is 0 Å². The Morgan fingerprint density at radius 3 is 2.58 bits per heavy atom. The first-order valence-corrected chi connectivity index (χ1v) is 7.85. The number of methoxy groups -OCH3 is 1. The summed E-state index contributed by atoms with van der Waals surface area (Å²) < 4.78 is 31.2. The Bertz CT molecular complexity index is 509. The minimum atomic E-state index is -3.61. The van der Waals surface area contributed by atoms with Crippen LogP contribution in [0.25, 0.3) is 0 Å². The van der Waals surface area contributed by atoms with E-state index in [0.29, 0.717) is 24.7 Å². The molecular weight excluding hydrogens is 311 g/mol. The second kappa shape index (κ2) is 8.04. The van der Waals surface area contributed by atoms with Gasteiger partial charge in [0.25, 0.3) is 0 Å². The Kier molecular flexibility index (Phi) is 7.06. The number of hydrogen-bond donors (Lipinski definition) is 2. The highest BCUT2D eigenvalue weighted by Gasteiger charge is 2.17. The first kappa shape index (κ1) is 16.7. The lowest BCUT2D eigenvalue weighted by atomic mass is 10.4. The predicted molar refractivity (Wildman–Crippen MR) is 76.4 cm³/mol. The van der Waals surface area contributed by atoms with Crippen LogP contribution >= 0.6 is 23.2 Å². The zero-order valence-corrected chi connectivity index (χ0v) is 12.8. The van der Waals surface area contributed by atoms with Crippen LogP contribution in [-0.2, 0) is 14.8 Å². The zero-order valence-electron chi connectivity index (χ0n) is 10.4. The first-order valence-electron chi connectivity index (χ1n) is 5.62. The number of halogens is 2. The molecular formula is C11H16Cl2N2O3S. The van der Waals surface area contributed by atoms with Gasteiger partial charge < -0.3 is 10.1 Å². The minimum Gasteiger partial charge on any atom is -0.383 e. The van der Waals surface area contributed by atoms with Crippen molar-refractivity contribution in [2.45, 2.75) is 4.90 Å². The van der Waals surface area contributed by atoms with E-state index in [1.807, 2.05) is 0 Å². The van der Waals surface area contributed by atoms with Crippen molar-refractivity contribution in [2.24, 2.45) is 0 Å². The van der Waals surface area contributed by atoms with Gasteiger partial charge >= 0.3 is 0 Å². The number of nitrogens with one attached hydrogen (secondary N) is 2. The highest BCUT2D eigenvalue weighted by Crippen LogP contribution is 2.24. The summed E-state index contributed by atoms with van der Waals surface area (Å²) in [5.41, 5.74) is 0. The maximum Gasteiger partial charge on any atom is 0.242 e. The normalized spacial score (nSPS) is 11.7. The van der Waals surface area contributed by atoms with Crippen LogP contribution in [0, 0.1) is 0 Å². The molecule has 1 aromatic carbocycles. The number of ether oxygens (including phenoxy) is 1. The average molecular weight is 327 g/mol. The third kappa shape index (κ3) is 5.64. The van der Waals surface area contributed by atoms with Crippen molar-refractivity contribution in [1.82, 2.24) is 10.0 Å². The van der Waals surface area contributed by atoms with E-state index in [0.717, 1.165) is 0 Å². The molecule has 0 aliphatic heterocycles. The predicted octanol–water partition coefficient (Wildman–Crippen LogP) is 1.51. The van der Waals surface area contributed by atoms with Gasteiger partial charge in [-0.05, 0) is 18.2 Å². The molecule has 0 bridgehead atoms. The van der Waals surface area contributed by atoms with Gasteiger partial charge in [-0.1, -0.05) is 23.2 Å². The molecule has 8 heteroatoms. The molecule has 5 nitrogen and oxygen atoms in total. The molecule has 1 aromatic rings. The lowest BCUT2D eigenvalue weighted by Gasteiger charge is -2.09. The Hall–Kier alpha value is -0.370. The summed E-state index contributed by atoms with van der Waals surface area (Å²) in [4.78, 5) is 0.0236. The molecule has 0 aliphatic carbocycles. The van der Waals surface area contributed by atoms with Gasteiger partial charge in [0.05, 0.1) is 11.6 Å². The maximum absolute atomic E-state index is 12.0. The third-order valence-electron chi connectivity index (χ3n) is 2.26. The Morgan fingerprint density at radius 2 is 1.95 bits per heavy atom. The number of benzene rings is 1. The van der Waals surface area contributed by atoms with Crippen LogP contribution in [-0.4, -0.2) is 41.8 Å². The fraction of sp³-hybridized carbons (Fsp3) is 0.455. The molecule has 2 N–H and O–H groups in total. The highest BCUT2D eigenvalue weighted by molar-refractivity contribution is 7.89. The SMILES string of the molecule is COCCNCCNS(=O)(=O)c1ccc(Cl)cc1Cl. The molecule has 0 aliphatic rings. The maximum atomic E-state index is 12.0. The molecule has 1 rings (SSSR count). The zero-order chi connectivity index (χ0) is 14.3. The van der Waals surface area contributed by atoms with E-state index in [4.69, 9.17) is 27.9 Å². The Balaban J connectivity index is 2.52. The van der Waals surface area contributed by atoms with Crippen LogP contribution in [0.4, 0.5) is 0 Å². The van der Waals surface area contributed by atoms with Crippen molar-refractivity contribution < 1.29 is 13.2 Å². The lowest BCUT2D eigenvalue weighted by molar-refractivity contribution is 0.199. The van der Waals surface area contributed by atoms with E-state index in [9.17, 15) is 8.42 Å². The molecule has 0 saturated carbocycles.